The Bertz CT molecular complexity index is 612. The molecule has 1 atom stereocenters. The molecule has 2 aromatic rings. The first-order chi connectivity index (χ1) is 11.8. The van der Waals surface area contributed by atoms with Gasteiger partial charge in [-0.2, -0.15) is 0 Å². The molecule has 0 bridgehead atoms. The van der Waals surface area contributed by atoms with Crippen LogP contribution in [0.2, 0.25) is 0 Å². The summed E-state index contributed by atoms with van der Waals surface area (Å²) >= 11 is 0. The van der Waals surface area contributed by atoms with Gasteiger partial charge >= 0.3 is 0 Å². The van der Waals surface area contributed by atoms with Gasteiger partial charge in [0.25, 0.3) is 0 Å². The Morgan fingerprint density at radius 1 is 0.840 bits per heavy atom. The second kappa shape index (κ2) is 7.89. The van der Waals surface area contributed by atoms with E-state index in [0.717, 1.165) is 22.5 Å². The van der Waals surface area contributed by atoms with Crippen molar-refractivity contribution in [3.05, 3.63) is 59.7 Å². The molecule has 0 aromatic heterocycles. The number of benzene rings is 2. The van der Waals surface area contributed by atoms with E-state index in [2.05, 4.69) is 0 Å². The molecule has 0 heterocycles. The second-order valence-electron chi connectivity index (χ2n) is 6.75. The fourth-order valence-corrected chi connectivity index (χ4v) is 3.03. The number of hydrogen-bond acceptors (Lipinski definition) is 4. The summed E-state index contributed by atoms with van der Waals surface area (Å²) in [6.45, 7) is 4.42. The SMILES string of the molecule is CCO[C@@H](C)C(O)(c1ccc(N(C)C)cc1)c1ccc(N(C)C)cc1. The Labute approximate surface area is 151 Å². The molecule has 0 unspecified atom stereocenters. The zero-order valence-electron chi connectivity index (χ0n) is 16.2. The maximum atomic E-state index is 11.7. The fourth-order valence-electron chi connectivity index (χ4n) is 3.03. The average molecular weight is 342 g/mol. The van der Waals surface area contributed by atoms with Gasteiger partial charge in [0.15, 0.2) is 0 Å². The van der Waals surface area contributed by atoms with Gasteiger partial charge in [-0.05, 0) is 49.2 Å². The highest BCUT2D eigenvalue weighted by molar-refractivity contribution is 5.52. The lowest BCUT2D eigenvalue weighted by Crippen LogP contribution is -2.40. The number of rotatable bonds is 7. The highest BCUT2D eigenvalue weighted by atomic mass is 16.5. The molecular formula is C21H30N2O2. The van der Waals surface area contributed by atoms with E-state index in [1.807, 2.05) is 100 Å². The summed E-state index contributed by atoms with van der Waals surface area (Å²) in [5.74, 6) is 0. The van der Waals surface area contributed by atoms with Gasteiger partial charge in [-0.1, -0.05) is 24.3 Å². The molecule has 2 rings (SSSR count). The monoisotopic (exact) mass is 342 g/mol. The number of anilines is 2. The van der Waals surface area contributed by atoms with Crippen LogP contribution in [0.15, 0.2) is 48.5 Å². The number of hydrogen-bond donors (Lipinski definition) is 1. The van der Waals surface area contributed by atoms with Crippen LogP contribution in [0.3, 0.4) is 0 Å². The Morgan fingerprint density at radius 2 is 1.20 bits per heavy atom. The van der Waals surface area contributed by atoms with E-state index in [0.29, 0.717) is 6.61 Å². The van der Waals surface area contributed by atoms with Crippen LogP contribution in [-0.2, 0) is 10.3 Å². The average Bonchev–Trinajstić information content (AvgIpc) is 2.61. The smallest absolute Gasteiger partial charge is 0.140 e. The molecule has 0 saturated carbocycles. The normalized spacial score (nSPS) is 12.8. The lowest BCUT2D eigenvalue weighted by molar-refractivity contribution is -0.0769. The maximum absolute atomic E-state index is 11.7. The van der Waals surface area contributed by atoms with Crippen LogP contribution in [0, 0.1) is 0 Å². The molecular weight excluding hydrogens is 312 g/mol. The van der Waals surface area contributed by atoms with E-state index in [4.69, 9.17) is 4.74 Å². The van der Waals surface area contributed by atoms with Crippen LogP contribution in [0.5, 0.6) is 0 Å². The van der Waals surface area contributed by atoms with Gasteiger partial charge in [-0.15, -0.1) is 0 Å². The van der Waals surface area contributed by atoms with E-state index in [1.54, 1.807) is 0 Å². The first kappa shape index (κ1) is 19.3. The first-order valence-electron chi connectivity index (χ1n) is 8.70. The van der Waals surface area contributed by atoms with Gasteiger partial charge in [-0.3, -0.25) is 0 Å². The third-order valence-electron chi connectivity index (χ3n) is 4.65. The third-order valence-corrected chi connectivity index (χ3v) is 4.65. The van der Waals surface area contributed by atoms with E-state index in [1.165, 1.54) is 0 Å². The summed E-state index contributed by atoms with van der Waals surface area (Å²) in [6, 6.07) is 16.0. The molecule has 0 saturated heterocycles. The molecule has 4 heteroatoms. The van der Waals surface area contributed by atoms with Gasteiger partial charge < -0.3 is 19.6 Å². The van der Waals surface area contributed by atoms with Crippen molar-refractivity contribution in [2.24, 2.45) is 0 Å². The lowest BCUT2D eigenvalue weighted by atomic mass is 9.82. The van der Waals surface area contributed by atoms with Crippen LogP contribution in [-0.4, -0.2) is 46.0 Å². The van der Waals surface area contributed by atoms with Crippen LogP contribution >= 0.6 is 0 Å². The van der Waals surface area contributed by atoms with Crippen LogP contribution in [0.25, 0.3) is 0 Å². The van der Waals surface area contributed by atoms with Gasteiger partial charge in [0.1, 0.15) is 5.60 Å². The second-order valence-corrected chi connectivity index (χ2v) is 6.75. The summed E-state index contributed by atoms with van der Waals surface area (Å²) < 4.78 is 5.80. The van der Waals surface area contributed by atoms with E-state index in [9.17, 15) is 5.11 Å². The van der Waals surface area contributed by atoms with E-state index >= 15 is 0 Å². The predicted octanol–water partition coefficient (Wildman–Crippen LogP) is 3.48. The maximum Gasteiger partial charge on any atom is 0.140 e. The molecule has 4 nitrogen and oxygen atoms in total. The van der Waals surface area contributed by atoms with Crippen molar-refractivity contribution >= 4 is 11.4 Å². The summed E-state index contributed by atoms with van der Waals surface area (Å²) in [6.07, 6.45) is -0.368. The molecule has 1 N–H and O–H groups in total. The number of nitrogens with zero attached hydrogens (tertiary/aromatic N) is 2. The Balaban J connectivity index is 2.49. The molecule has 0 radical (unpaired) electrons. The minimum absolute atomic E-state index is 0.368. The molecule has 25 heavy (non-hydrogen) atoms. The van der Waals surface area contributed by atoms with Crippen LogP contribution in [0.1, 0.15) is 25.0 Å². The van der Waals surface area contributed by atoms with Gasteiger partial charge in [0, 0.05) is 46.2 Å². The molecule has 0 spiro atoms. The molecule has 0 aliphatic heterocycles. The van der Waals surface area contributed by atoms with Crippen molar-refractivity contribution in [3.63, 3.8) is 0 Å². The topological polar surface area (TPSA) is 35.9 Å². The Kier molecular flexibility index (Phi) is 6.09. The first-order valence-corrected chi connectivity index (χ1v) is 8.70. The van der Waals surface area contributed by atoms with Crippen molar-refractivity contribution < 1.29 is 9.84 Å². The molecule has 136 valence electrons. The van der Waals surface area contributed by atoms with Gasteiger partial charge in [0.2, 0.25) is 0 Å². The zero-order chi connectivity index (χ0) is 18.6. The highest BCUT2D eigenvalue weighted by Crippen LogP contribution is 2.36. The third kappa shape index (κ3) is 3.97. The predicted molar refractivity (Wildman–Crippen MR) is 106 cm³/mol. The summed E-state index contributed by atoms with van der Waals surface area (Å²) in [5, 5.41) is 11.7. The van der Waals surface area contributed by atoms with Crippen LogP contribution < -0.4 is 9.80 Å². The minimum Gasteiger partial charge on any atom is -0.378 e. The largest absolute Gasteiger partial charge is 0.378 e. The van der Waals surface area contributed by atoms with E-state index < -0.39 is 5.60 Å². The molecule has 0 amide bonds. The van der Waals surface area contributed by atoms with Gasteiger partial charge in [0.05, 0.1) is 6.10 Å². The summed E-state index contributed by atoms with van der Waals surface area (Å²) in [5.41, 5.74) is 2.65. The highest BCUT2D eigenvalue weighted by Gasteiger charge is 2.38. The standard InChI is InChI=1S/C21H30N2O2/c1-7-25-16(2)21(24,17-8-12-19(13-9-17)22(3)4)18-10-14-20(15-11-18)23(5)6/h8-16,24H,7H2,1-6H3/t16-/m0/s1. The fraction of sp³-hybridized carbons (Fsp3) is 0.429. The van der Waals surface area contributed by atoms with Crippen LogP contribution in [0.4, 0.5) is 11.4 Å². The van der Waals surface area contributed by atoms with Crippen molar-refractivity contribution in [2.45, 2.75) is 25.6 Å². The molecule has 2 aromatic carbocycles. The quantitative estimate of drug-likeness (QED) is 0.836. The zero-order valence-corrected chi connectivity index (χ0v) is 16.2. The molecule has 0 aliphatic rings. The van der Waals surface area contributed by atoms with Crippen molar-refractivity contribution in [1.29, 1.82) is 0 Å². The van der Waals surface area contributed by atoms with Gasteiger partial charge in [-0.25, -0.2) is 0 Å². The number of ether oxygens (including phenoxy) is 1. The van der Waals surface area contributed by atoms with Crippen molar-refractivity contribution in [1.82, 2.24) is 0 Å². The summed E-state index contributed by atoms with van der Waals surface area (Å²) in [4.78, 5) is 4.08. The van der Waals surface area contributed by atoms with E-state index in [-0.39, 0.29) is 6.10 Å². The molecule has 0 aliphatic carbocycles. The Morgan fingerprint density at radius 3 is 1.48 bits per heavy atom. The minimum atomic E-state index is -1.20. The summed E-state index contributed by atoms with van der Waals surface area (Å²) in [7, 11) is 8.02. The Hall–Kier alpha value is -2.04. The lowest BCUT2D eigenvalue weighted by Gasteiger charge is -2.35. The number of aliphatic hydroxyl groups is 1. The molecule has 0 fully saturated rings. The van der Waals surface area contributed by atoms with Crippen molar-refractivity contribution in [3.8, 4) is 0 Å². The van der Waals surface area contributed by atoms with Crippen molar-refractivity contribution in [2.75, 3.05) is 44.6 Å².